The molecule has 8 nitrogen and oxygen atoms in total. The summed E-state index contributed by atoms with van der Waals surface area (Å²) in [7, 11) is -2.79. The van der Waals surface area contributed by atoms with Gasteiger partial charge in [-0.05, 0) is 35.9 Å². The van der Waals surface area contributed by atoms with E-state index in [1.807, 2.05) is 0 Å². The Kier molecular flexibility index (Phi) is 7.87. The van der Waals surface area contributed by atoms with Crippen LogP contribution in [-0.2, 0) is 26.0 Å². The fraction of sp³-hybridized carbons (Fsp3) is 0.333. The highest BCUT2D eigenvalue weighted by atomic mass is 35.5. The van der Waals surface area contributed by atoms with E-state index >= 15 is 0 Å². The molecule has 0 saturated carbocycles. The van der Waals surface area contributed by atoms with Crippen molar-refractivity contribution in [2.75, 3.05) is 26.7 Å². The second-order valence-electron chi connectivity index (χ2n) is 8.44. The van der Waals surface area contributed by atoms with Crippen LogP contribution in [0.1, 0.15) is 12.0 Å². The summed E-state index contributed by atoms with van der Waals surface area (Å²) in [4.78, 5) is 29.4. The Morgan fingerprint density at radius 3 is 2.53 bits per heavy atom. The minimum absolute atomic E-state index is 0.00339. The number of hydrogen-bond acceptors (Lipinski definition) is 5. The van der Waals surface area contributed by atoms with Crippen molar-refractivity contribution in [2.24, 2.45) is 0 Å². The maximum atomic E-state index is 13.9. The monoisotopic (exact) mass is 571 g/mol. The molecular weight excluding hydrogens is 549 g/mol. The van der Waals surface area contributed by atoms with Gasteiger partial charge in [-0.2, -0.15) is 4.31 Å². The van der Waals surface area contributed by atoms with E-state index in [0.29, 0.717) is 15.6 Å². The summed E-state index contributed by atoms with van der Waals surface area (Å²) in [5.74, 6) is -0.476. The molecule has 36 heavy (non-hydrogen) atoms. The first-order valence-corrected chi connectivity index (χ1v) is 13.7. The third-order valence-electron chi connectivity index (χ3n) is 6.28. The summed E-state index contributed by atoms with van der Waals surface area (Å²) in [6.07, 6.45) is 0.698. The van der Waals surface area contributed by atoms with Gasteiger partial charge in [0.15, 0.2) is 0 Å². The van der Waals surface area contributed by atoms with E-state index in [2.05, 4.69) is 6.58 Å². The van der Waals surface area contributed by atoms with Crippen LogP contribution in [0.2, 0.25) is 15.1 Å². The van der Waals surface area contributed by atoms with Crippen molar-refractivity contribution in [2.45, 2.75) is 29.9 Å². The molecule has 2 heterocycles. The largest absolute Gasteiger partial charge is 0.495 e. The molecule has 2 aromatic carbocycles. The van der Waals surface area contributed by atoms with Gasteiger partial charge >= 0.3 is 0 Å². The van der Waals surface area contributed by atoms with Crippen LogP contribution in [0.4, 0.5) is 0 Å². The topological polar surface area (TPSA) is 87.2 Å². The number of carbonyl (C=O) groups is 2. The molecule has 0 aromatic heterocycles. The second-order valence-corrected chi connectivity index (χ2v) is 11.6. The number of ether oxygens (including phenoxy) is 1. The molecule has 12 heteroatoms. The quantitative estimate of drug-likeness (QED) is 0.471. The normalized spacial score (nSPS) is 20.9. The number of fused-ring (bicyclic) bond motifs is 1. The summed E-state index contributed by atoms with van der Waals surface area (Å²) >= 11 is 18.3. The Morgan fingerprint density at radius 1 is 1.11 bits per heavy atom. The van der Waals surface area contributed by atoms with E-state index in [4.69, 9.17) is 39.5 Å². The number of benzene rings is 2. The number of hydrogen-bond donors (Lipinski definition) is 0. The predicted molar refractivity (Wildman–Crippen MR) is 138 cm³/mol. The molecule has 0 aliphatic carbocycles. The van der Waals surface area contributed by atoms with Gasteiger partial charge in [0.2, 0.25) is 21.8 Å². The first-order valence-electron chi connectivity index (χ1n) is 11.1. The van der Waals surface area contributed by atoms with E-state index in [9.17, 15) is 18.0 Å². The SMILES string of the molecule is C=CCN1CC2N(C(=O)CCN2S(=O)(=O)c2cc(Cl)ccc2OC)C(Cc2ccc(Cl)c(Cl)c2)C1=O. The van der Waals surface area contributed by atoms with Crippen LogP contribution >= 0.6 is 34.8 Å². The van der Waals surface area contributed by atoms with Crippen LogP contribution in [-0.4, -0.2) is 73.3 Å². The van der Waals surface area contributed by atoms with E-state index < -0.39 is 22.2 Å². The molecule has 4 rings (SSSR count). The van der Waals surface area contributed by atoms with Gasteiger partial charge in [-0.15, -0.1) is 6.58 Å². The second kappa shape index (κ2) is 10.6. The fourth-order valence-electron chi connectivity index (χ4n) is 4.62. The number of amides is 2. The summed E-state index contributed by atoms with van der Waals surface area (Å²) < 4.78 is 34.3. The van der Waals surface area contributed by atoms with Gasteiger partial charge in [0.05, 0.1) is 23.7 Å². The van der Waals surface area contributed by atoms with Gasteiger partial charge in [0.1, 0.15) is 22.9 Å². The molecule has 0 spiro atoms. The molecule has 2 atom stereocenters. The lowest BCUT2D eigenvalue weighted by atomic mass is 9.98. The van der Waals surface area contributed by atoms with Crippen molar-refractivity contribution in [3.63, 3.8) is 0 Å². The lowest BCUT2D eigenvalue weighted by Gasteiger charge is -2.51. The van der Waals surface area contributed by atoms with Crippen LogP contribution in [0.3, 0.4) is 0 Å². The molecule has 0 radical (unpaired) electrons. The zero-order chi connectivity index (χ0) is 26.2. The Balaban J connectivity index is 1.78. The lowest BCUT2D eigenvalue weighted by molar-refractivity contribution is -0.164. The van der Waals surface area contributed by atoms with Crippen molar-refractivity contribution < 1.29 is 22.7 Å². The molecule has 0 N–H and O–H groups in total. The van der Waals surface area contributed by atoms with Crippen molar-refractivity contribution in [3.8, 4) is 5.75 Å². The van der Waals surface area contributed by atoms with Gasteiger partial charge in [-0.1, -0.05) is 46.9 Å². The van der Waals surface area contributed by atoms with Gasteiger partial charge in [0.25, 0.3) is 0 Å². The Bertz CT molecular complexity index is 1320. The lowest BCUT2D eigenvalue weighted by Crippen LogP contribution is -2.71. The van der Waals surface area contributed by atoms with Gasteiger partial charge in [-0.3, -0.25) is 9.59 Å². The first-order chi connectivity index (χ1) is 17.1. The number of nitrogens with zero attached hydrogens (tertiary/aromatic N) is 3. The highest BCUT2D eigenvalue weighted by Crippen LogP contribution is 2.35. The van der Waals surface area contributed by atoms with Gasteiger partial charge in [0, 0.05) is 31.0 Å². The maximum Gasteiger partial charge on any atom is 0.248 e. The van der Waals surface area contributed by atoms with Crippen molar-refractivity contribution in [1.82, 2.24) is 14.1 Å². The third kappa shape index (κ3) is 4.95. The molecular formula is C24H24Cl3N3O5S. The Hall–Kier alpha value is -2.30. The summed E-state index contributed by atoms with van der Waals surface area (Å²) in [5.41, 5.74) is 0.686. The van der Waals surface area contributed by atoms with Crippen LogP contribution in [0.15, 0.2) is 53.9 Å². The molecule has 0 bridgehead atoms. The molecule has 2 amide bonds. The highest BCUT2D eigenvalue weighted by molar-refractivity contribution is 7.89. The van der Waals surface area contributed by atoms with Crippen molar-refractivity contribution in [3.05, 3.63) is 69.7 Å². The molecule has 2 aliphatic heterocycles. The molecule has 2 saturated heterocycles. The summed E-state index contributed by atoms with van der Waals surface area (Å²) in [5, 5.41) is 0.909. The van der Waals surface area contributed by atoms with Crippen LogP contribution < -0.4 is 4.74 Å². The predicted octanol–water partition coefficient (Wildman–Crippen LogP) is 3.84. The Labute approximate surface area is 225 Å². The maximum absolute atomic E-state index is 13.9. The molecule has 2 fully saturated rings. The van der Waals surface area contributed by atoms with E-state index in [0.717, 1.165) is 0 Å². The van der Waals surface area contributed by atoms with E-state index in [1.54, 1.807) is 24.3 Å². The molecule has 2 aromatic rings. The van der Waals surface area contributed by atoms with Crippen LogP contribution in [0.25, 0.3) is 0 Å². The summed E-state index contributed by atoms with van der Waals surface area (Å²) in [6, 6.07) is 8.37. The van der Waals surface area contributed by atoms with Gasteiger partial charge in [-0.25, -0.2) is 8.42 Å². The highest BCUT2D eigenvalue weighted by Gasteiger charge is 2.50. The molecule has 192 valence electrons. The van der Waals surface area contributed by atoms with Crippen molar-refractivity contribution >= 4 is 56.6 Å². The standard InChI is InChI=1S/C24H24Cl3N3O5S/c1-3-9-28-14-22-29(36(33,34)21-13-16(25)5-7-20(21)35-2)10-8-23(31)30(22)19(24(28)32)12-15-4-6-17(26)18(27)11-15/h3-7,11,13,19,22H,1,8-10,12,14H2,2H3. The smallest absolute Gasteiger partial charge is 0.248 e. The molecule has 2 unspecified atom stereocenters. The zero-order valence-corrected chi connectivity index (χ0v) is 22.4. The zero-order valence-electron chi connectivity index (χ0n) is 19.4. The number of halogens is 3. The van der Waals surface area contributed by atoms with E-state index in [-0.39, 0.29) is 60.0 Å². The number of rotatable bonds is 7. The summed E-state index contributed by atoms with van der Waals surface area (Å²) in [6.45, 7) is 3.86. The van der Waals surface area contributed by atoms with Crippen molar-refractivity contribution in [1.29, 1.82) is 0 Å². The minimum Gasteiger partial charge on any atom is -0.495 e. The van der Waals surface area contributed by atoms with Crippen LogP contribution in [0, 0.1) is 0 Å². The number of sulfonamides is 1. The van der Waals surface area contributed by atoms with E-state index in [1.165, 1.54) is 39.4 Å². The number of methoxy groups -OCH3 is 1. The number of carbonyl (C=O) groups excluding carboxylic acids is 2. The van der Waals surface area contributed by atoms with Gasteiger partial charge < -0.3 is 14.5 Å². The number of piperazine rings is 1. The minimum atomic E-state index is -4.16. The van der Waals surface area contributed by atoms with Crippen LogP contribution in [0.5, 0.6) is 5.75 Å². The first kappa shape index (κ1) is 26.8. The average molecular weight is 573 g/mol. The molecule has 2 aliphatic rings. The fourth-order valence-corrected chi connectivity index (χ4v) is 6.93. The Morgan fingerprint density at radius 2 is 1.86 bits per heavy atom. The average Bonchev–Trinajstić information content (AvgIpc) is 2.84. The third-order valence-corrected chi connectivity index (χ3v) is 9.17.